The lowest BCUT2D eigenvalue weighted by Gasteiger charge is -2.11. The van der Waals surface area contributed by atoms with Gasteiger partial charge in [0.2, 0.25) is 5.95 Å². The summed E-state index contributed by atoms with van der Waals surface area (Å²) in [5, 5.41) is 3.34. The molecule has 0 bridgehead atoms. The minimum atomic E-state index is 0.611. The molecule has 0 atom stereocenters. The van der Waals surface area contributed by atoms with Gasteiger partial charge in [-0.05, 0) is 40.9 Å². The molecule has 1 heterocycles. The maximum Gasteiger partial charge on any atom is 0.207 e. The molecule has 18 heavy (non-hydrogen) atoms. The molecule has 0 amide bonds. The number of ether oxygens (including phenoxy) is 1. The fourth-order valence-corrected chi connectivity index (χ4v) is 2.25. The first kappa shape index (κ1) is 11.6. The average molecular weight is 308 g/mol. The predicted octanol–water partition coefficient (Wildman–Crippen LogP) is 3.73. The molecular formula is C13H14BrN3O. The molecule has 1 N–H and O–H groups in total. The second-order valence-corrected chi connectivity index (χ2v) is 5.21. The van der Waals surface area contributed by atoms with Gasteiger partial charge in [-0.15, -0.1) is 0 Å². The Balaban J connectivity index is 1.89. The zero-order chi connectivity index (χ0) is 12.5. The van der Waals surface area contributed by atoms with E-state index in [0.29, 0.717) is 6.04 Å². The van der Waals surface area contributed by atoms with Gasteiger partial charge in [-0.25, -0.2) is 4.98 Å². The van der Waals surface area contributed by atoms with Crippen LogP contribution in [-0.2, 0) is 0 Å². The summed E-state index contributed by atoms with van der Waals surface area (Å²) in [6.45, 7) is 0. The lowest BCUT2D eigenvalue weighted by molar-refractivity contribution is 0.415. The van der Waals surface area contributed by atoms with E-state index in [4.69, 9.17) is 4.74 Å². The number of aromatic nitrogens is 2. The second-order valence-electron chi connectivity index (χ2n) is 4.36. The van der Waals surface area contributed by atoms with Gasteiger partial charge in [-0.3, -0.25) is 0 Å². The van der Waals surface area contributed by atoms with Gasteiger partial charge in [0.15, 0.2) is 0 Å². The van der Waals surface area contributed by atoms with Crippen molar-refractivity contribution in [1.29, 1.82) is 0 Å². The molecule has 1 aliphatic carbocycles. The maximum atomic E-state index is 5.23. The molecule has 1 aromatic carbocycles. The minimum Gasteiger partial charge on any atom is -0.497 e. The standard InChI is InChI=1S/C13H14BrN3O/c1-18-10-4-5-11(14)12(8-10)16-13-15-6-7-17(13)9-2-3-9/h4-9H,2-3H2,1H3,(H,15,16). The third-order valence-corrected chi connectivity index (χ3v) is 3.72. The van der Waals surface area contributed by atoms with E-state index in [1.54, 1.807) is 7.11 Å². The highest BCUT2D eigenvalue weighted by molar-refractivity contribution is 9.10. The van der Waals surface area contributed by atoms with Crippen LogP contribution < -0.4 is 10.1 Å². The van der Waals surface area contributed by atoms with Crippen molar-refractivity contribution in [3.8, 4) is 5.75 Å². The summed E-state index contributed by atoms with van der Waals surface area (Å²) in [6, 6.07) is 6.45. The monoisotopic (exact) mass is 307 g/mol. The van der Waals surface area contributed by atoms with Crippen molar-refractivity contribution in [1.82, 2.24) is 9.55 Å². The van der Waals surface area contributed by atoms with Crippen molar-refractivity contribution in [2.45, 2.75) is 18.9 Å². The fraction of sp³-hybridized carbons (Fsp3) is 0.308. The van der Waals surface area contributed by atoms with Gasteiger partial charge in [-0.1, -0.05) is 0 Å². The Kier molecular flexibility index (Phi) is 2.99. The van der Waals surface area contributed by atoms with E-state index in [-0.39, 0.29) is 0 Å². The summed E-state index contributed by atoms with van der Waals surface area (Å²) in [7, 11) is 1.66. The number of nitrogens with one attached hydrogen (secondary N) is 1. The third kappa shape index (κ3) is 2.22. The molecule has 0 spiro atoms. The minimum absolute atomic E-state index is 0.611. The van der Waals surface area contributed by atoms with Gasteiger partial charge in [0, 0.05) is 29.0 Å². The number of methoxy groups -OCH3 is 1. The van der Waals surface area contributed by atoms with E-state index >= 15 is 0 Å². The van der Waals surface area contributed by atoms with E-state index in [0.717, 1.165) is 21.9 Å². The molecule has 0 unspecified atom stereocenters. The van der Waals surface area contributed by atoms with Crippen molar-refractivity contribution in [3.63, 3.8) is 0 Å². The predicted molar refractivity (Wildman–Crippen MR) is 74.5 cm³/mol. The Morgan fingerprint density at radius 1 is 1.44 bits per heavy atom. The number of benzene rings is 1. The fourth-order valence-electron chi connectivity index (χ4n) is 1.90. The van der Waals surface area contributed by atoms with Crippen molar-refractivity contribution >= 4 is 27.6 Å². The topological polar surface area (TPSA) is 39.1 Å². The second kappa shape index (κ2) is 4.65. The van der Waals surface area contributed by atoms with Crippen molar-refractivity contribution in [2.75, 3.05) is 12.4 Å². The van der Waals surface area contributed by atoms with E-state index in [9.17, 15) is 0 Å². The first-order chi connectivity index (χ1) is 8.78. The van der Waals surface area contributed by atoms with E-state index in [1.807, 2.05) is 30.6 Å². The molecule has 0 aliphatic heterocycles. The van der Waals surface area contributed by atoms with Crippen molar-refractivity contribution < 1.29 is 4.74 Å². The van der Waals surface area contributed by atoms with Crippen LogP contribution in [0.2, 0.25) is 0 Å². The maximum absolute atomic E-state index is 5.23. The molecule has 1 fully saturated rings. The summed E-state index contributed by atoms with van der Waals surface area (Å²) >= 11 is 3.53. The van der Waals surface area contributed by atoms with Gasteiger partial charge in [-0.2, -0.15) is 0 Å². The number of nitrogens with zero attached hydrogens (tertiary/aromatic N) is 2. The van der Waals surface area contributed by atoms with E-state index in [2.05, 4.69) is 30.8 Å². The van der Waals surface area contributed by atoms with Crippen molar-refractivity contribution in [2.24, 2.45) is 0 Å². The molecule has 1 saturated carbocycles. The number of rotatable bonds is 4. The lowest BCUT2D eigenvalue weighted by atomic mass is 10.3. The van der Waals surface area contributed by atoms with Crippen LogP contribution >= 0.6 is 15.9 Å². The van der Waals surface area contributed by atoms with Gasteiger partial charge in [0.1, 0.15) is 5.75 Å². The Hall–Kier alpha value is -1.49. The largest absolute Gasteiger partial charge is 0.497 e. The molecule has 0 saturated heterocycles. The molecule has 5 heteroatoms. The number of hydrogen-bond acceptors (Lipinski definition) is 3. The van der Waals surface area contributed by atoms with Gasteiger partial charge in [0.25, 0.3) is 0 Å². The van der Waals surface area contributed by atoms with E-state index in [1.165, 1.54) is 12.8 Å². The first-order valence-electron chi connectivity index (χ1n) is 5.91. The quantitative estimate of drug-likeness (QED) is 0.935. The Morgan fingerprint density at radius 3 is 3.00 bits per heavy atom. The summed E-state index contributed by atoms with van der Waals surface area (Å²) in [5.41, 5.74) is 0.961. The van der Waals surface area contributed by atoms with Gasteiger partial charge < -0.3 is 14.6 Å². The third-order valence-electron chi connectivity index (χ3n) is 3.03. The van der Waals surface area contributed by atoms with Crippen LogP contribution in [0.25, 0.3) is 0 Å². The zero-order valence-electron chi connectivity index (χ0n) is 10.1. The number of anilines is 2. The summed E-state index contributed by atoms with van der Waals surface area (Å²) < 4.78 is 8.41. The number of hydrogen-bond donors (Lipinski definition) is 1. The van der Waals surface area contributed by atoms with Gasteiger partial charge in [0.05, 0.1) is 12.8 Å². The van der Waals surface area contributed by atoms with Crippen LogP contribution in [0.3, 0.4) is 0 Å². The average Bonchev–Trinajstić information content (AvgIpc) is 3.13. The molecule has 3 rings (SSSR count). The highest BCUT2D eigenvalue weighted by atomic mass is 79.9. The van der Waals surface area contributed by atoms with Crippen molar-refractivity contribution in [3.05, 3.63) is 35.1 Å². The molecule has 1 aliphatic rings. The molecule has 0 radical (unpaired) electrons. The van der Waals surface area contributed by atoms with E-state index < -0.39 is 0 Å². The molecular weight excluding hydrogens is 294 g/mol. The van der Waals surface area contributed by atoms with Gasteiger partial charge >= 0.3 is 0 Å². The zero-order valence-corrected chi connectivity index (χ0v) is 11.6. The highest BCUT2D eigenvalue weighted by Crippen LogP contribution is 2.38. The summed E-state index contributed by atoms with van der Waals surface area (Å²) in [6.07, 6.45) is 6.33. The molecule has 4 nitrogen and oxygen atoms in total. The smallest absolute Gasteiger partial charge is 0.207 e. The Morgan fingerprint density at radius 2 is 2.28 bits per heavy atom. The molecule has 94 valence electrons. The van der Waals surface area contributed by atoms with Crippen LogP contribution in [0.4, 0.5) is 11.6 Å². The Bertz CT molecular complexity index is 563. The van der Waals surface area contributed by atoms with Crippen LogP contribution in [0, 0.1) is 0 Å². The summed E-state index contributed by atoms with van der Waals surface area (Å²) in [5.74, 6) is 1.71. The number of imidazole rings is 1. The molecule has 1 aromatic heterocycles. The SMILES string of the molecule is COc1ccc(Br)c(Nc2nccn2C2CC2)c1. The van der Waals surface area contributed by atoms with Crippen LogP contribution in [0.5, 0.6) is 5.75 Å². The number of halogens is 1. The van der Waals surface area contributed by atoms with Crippen LogP contribution in [-0.4, -0.2) is 16.7 Å². The Labute approximate surface area is 114 Å². The molecule has 2 aromatic rings. The van der Waals surface area contributed by atoms with Crippen LogP contribution in [0.15, 0.2) is 35.1 Å². The lowest BCUT2D eigenvalue weighted by Crippen LogP contribution is -2.02. The normalized spacial score (nSPS) is 14.6. The highest BCUT2D eigenvalue weighted by Gasteiger charge is 2.25. The summed E-state index contributed by atoms with van der Waals surface area (Å²) in [4.78, 5) is 4.36. The first-order valence-corrected chi connectivity index (χ1v) is 6.70. The van der Waals surface area contributed by atoms with Crippen LogP contribution in [0.1, 0.15) is 18.9 Å².